The van der Waals surface area contributed by atoms with Crippen LogP contribution in [-0.4, -0.2) is 35.9 Å². The maximum Gasteiger partial charge on any atom is 0.261 e. The predicted molar refractivity (Wildman–Crippen MR) is 140 cm³/mol. The van der Waals surface area contributed by atoms with Gasteiger partial charge in [-0.3, -0.25) is 9.59 Å². The van der Waals surface area contributed by atoms with E-state index >= 15 is 0 Å². The molecule has 35 heavy (non-hydrogen) atoms. The van der Waals surface area contributed by atoms with Crippen molar-refractivity contribution in [2.45, 2.75) is 53.1 Å². The molecule has 0 saturated carbocycles. The Morgan fingerprint density at radius 2 is 1.60 bits per heavy atom. The zero-order chi connectivity index (χ0) is 25.2. The summed E-state index contributed by atoms with van der Waals surface area (Å²) in [6.07, 6.45) is 1.25. The Labute approximate surface area is 209 Å². The van der Waals surface area contributed by atoms with Crippen LogP contribution in [-0.2, 0) is 22.6 Å². The standard InChI is InChI=1S/C30H36N2O3/c1-5-17-31-30(34)28(19-25-9-7-6-8-10-25)32(20-26-14-11-22(2)12-15-26)29(33)21-35-27-16-13-23(3)24(4)18-27/h6-16,18,28H,5,17,19-21H2,1-4H3,(H,31,34). The van der Waals surface area contributed by atoms with Crippen molar-refractivity contribution in [1.29, 1.82) is 0 Å². The van der Waals surface area contributed by atoms with Gasteiger partial charge in [0, 0.05) is 19.5 Å². The van der Waals surface area contributed by atoms with Crippen LogP contribution in [0.25, 0.3) is 0 Å². The Morgan fingerprint density at radius 3 is 2.26 bits per heavy atom. The molecule has 5 heteroatoms. The lowest BCUT2D eigenvalue weighted by Gasteiger charge is -2.31. The molecule has 0 fully saturated rings. The predicted octanol–water partition coefficient (Wildman–Crippen LogP) is 5.16. The van der Waals surface area contributed by atoms with Gasteiger partial charge in [0.15, 0.2) is 6.61 Å². The third-order valence-electron chi connectivity index (χ3n) is 6.13. The fourth-order valence-electron chi connectivity index (χ4n) is 3.84. The molecule has 0 radical (unpaired) electrons. The molecule has 0 aliphatic heterocycles. The van der Waals surface area contributed by atoms with Gasteiger partial charge in [-0.1, -0.05) is 73.2 Å². The summed E-state index contributed by atoms with van der Waals surface area (Å²) in [4.78, 5) is 28.5. The molecular weight excluding hydrogens is 436 g/mol. The Morgan fingerprint density at radius 1 is 0.886 bits per heavy atom. The number of nitrogens with zero attached hydrogens (tertiary/aromatic N) is 1. The van der Waals surface area contributed by atoms with E-state index in [1.54, 1.807) is 4.90 Å². The van der Waals surface area contributed by atoms with Crippen LogP contribution >= 0.6 is 0 Å². The molecule has 2 amide bonds. The van der Waals surface area contributed by atoms with Crippen molar-refractivity contribution in [2.24, 2.45) is 0 Å². The number of nitrogens with one attached hydrogen (secondary N) is 1. The summed E-state index contributed by atoms with van der Waals surface area (Å²) in [7, 11) is 0. The van der Waals surface area contributed by atoms with Gasteiger partial charge < -0.3 is 15.0 Å². The van der Waals surface area contributed by atoms with Gasteiger partial charge in [-0.25, -0.2) is 0 Å². The van der Waals surface area contributed by atoms with Crippen LogP contribution in [0.3, 0.4) is 0 Å². The van der Waals surface area contributed by atoms with E-state index in [1.165, 1.54) is 5.56 Å². The number of benzene rings is 3. The molecule has 0 heterocycles. The number of hydrogen-bond acceptors (Lipinski definition) is 3. The van der Waals surface area contributed by atoms with Crippen LogP contribution in [0.2, 0.25) is 0 Å². The number of carbonyl (C=O) groups is 2. The van der Waals surface area contributed by atoms with Gasteiger partial charge in [0.25, 0.3) is 5.91 Å². The smallest absolute Gasteiger partial charge is 0.261 e. The lowest BCUT2D eigenvalue weighted by atomic mass is 10.0. The second kappa shape index (κ2) is 12.7. The Balaban J connectivity index is 1.88. The van der Waals surface area contributed by atoms with Crippen molar-refractivity contribution in [3.8, 4) is 5.75 Å². The summed E-state index contributed by atoms with van der Waals surface area (Å²) in [5.74, 6) is 0.269. The molecule has 0 aliphatic carbocycles. The van der Waals surface area contributed by atoms with E-state index in [2.05, 4.69) is 5.32 Å². The van der Waals surface area contributed by atoms with E-state index in [4.69, 9.17) is 4.74 Å². The van der Waals surface area contributed by atoms with Crippen molar-refractivity contribution in [1.82, 2.24) is 10.2 Å². The van der Waals surface area contributed by atoms with E-state index in [1.807, 2.05) is 100 Å². The van der Waals surface area contributed by atoms with Gasteiger partial charge in [0.05, 0.1) is 0 Å². The minimum atomic E-state index is -0.652. The van der Waals surface area contributed by atoms with Gasteiger partial charge in [0.2, 0.25) is 5.91 Å². The molecular formula is C30H36N2O3. The molecule has 184 valence electrons. The maximum absolute atomic E-state index is 13.6. The molecule has 3 aromatic rings. The van der Waals surface area contributed by atoms with Crippen LogP contribution in [0.15, 0.2) is 72.8 Å². The van der Waals surface area contributed by atoms with Crippen molar-refractivity contribution in [3.63, 3.8) is 0 Å². The molecule has 1 atom stereocenters. The van der Waals surface area contributed by atoms with Crippen molar-refractivity contribution < 1.29 is 14.3 Å². The Hall–Kier alpha value is -3.60. The SMILES string of the molecule is CCCNC(=O)C(Cc1ccccc1)N(Cc1ccc(C)cc1)C(=O)COc1ccc(C)c(C)c1. The van der Waals surface area contributed by atoms with Crippen LogP contribution < -0.4 is 10.1 Å². The summed E-state index contributed by atoms with van der Waals surface area (Å²) in [6.45, 7) is 8.85. The molecule has 5 nitrogen and oxygen atoms in total. The number of amides is 2. The highest BCUT2D eigenvalue weighted by Gasteiger charge is 2.30. The van der Waals surface area contributed by atoms with E-state index in [9.17, 15) is 9.59 Å². The van der Waals surface area contributed by atoms with E-state index in [0.29, 0.717) is 25.3 Å². The molecule has 0 aliphatic rings. The zero-order valence-corrected chi connectivity index (χ0v) is 21.2. The first kappa shape index (κ1) is 26.0. The average molecular weight is 473 g/mol. The van der Waals surface area contributed by atoms with Gasteiger partial charge >= 0.3 is 0 Å². The molecule has 0 saturated heterocycles. The second-order valence-electron chi connectivity index (χ2n) is 9.04. The molecule has 1 N–H and O–H groups in total. The van der Waals surface area contributed by atoms with Crippen molar-refractivity contribution in [2.75, 3.05) is 13.2 Å². The van der Waals surface area contributed by atoms with Gasteiger partial charge in [-0.15, -0.1) is 0 Å². The number of hydrogen-bond donors (Lipinski definition) is 1. The van der Waals surface area contributed by atoms with Gasteiger partial charge in [-0.05, 0) is 61.6 Å². The van der Waals surface area contributed by atoms with E-state index in [0.717, 1.165) is 28.7 Å². The first-order valence-corrected chi connectivity index (χ1v) is 12.2. The van der Waals surface area contributed by atoms with E-state index < -0.39 is 6.04 Å². The van der Waals surface area contributed by atoms with Crippen LogP contribution in [0, 0.1) is 20.8 Å². The van der Waals surface area contributed by atoms with Gasteiger partial charge in [-0.2, -0.15) is 0 Å². The summed E-state index contributed by atoms with van der Waals surface area (Å²) in [6, 6.07) is 23.0. The summed E-state index contributed by atoms with van der Waals surface area (Å²) in [5.41, 5.74) is 5.39. The number of ether oxygens (including phenoxy) is 1. The topological polar surface area (TPSA) is 58.6 Å². The molecule has 3 rings (SSSR count). The number of rotatable bonds is 11. The third-order valence-corrected chi connectivity index (χ3v) is 6.13. The fraction of sp³-hybridized carbons (Fsp3) is 0.333. The molecule has 0 bridgehead atoms. The minimum Gasteiger partial charge on any atom is -0.484 e. The van der Waals surface area contributed by atoms with Crippen LogP contribution in [0.1, 0.15) is 41.2 Å². The zero-order valence-electron chi connectivity index (χ0n) is 21.2. The third kappa shape index (κ3) is 7.71. The molecule has 1 unspecified atom stereocenters. The van der Waals surface area contributed by atoms with Crippen molar-refractivity contribution in [3.05, 3.63) is 101 Å². The monoisotopic (exact) mass is 472 g/mol. The molecule has 0 spiro atoms. The fourth-order valence-corrected chi connectivity index (χ4v) is 3.84. The summed E-state index contributed by atoms with van der Waals surface area (Å²) in [5, 5.41) is 3.00. The first-order chi connectivity index (χ1) is 16.9. The minimum absolute atomic E-state index is 0.138. The van der Waals surface area contributed by atoms with E-state index in [-0.39, 0.29) is 18.4 Å². The molecule has 3 aromatic carbocycles. The Bertz CT molecular complexity index is 1110. The highest BCUT2D eigenvalue weighted by Crippen LogP contribution is 2.19. The average Bonchev–Trinajstić information content (AvgIpc) is 2.87. The number of aryl methyl sites for hydroxylation is 3. The summed E-state index contributed by atoms with van der Waals surface area (Å²) < 4.78 is 5.88. The summed E-state index contributed by atoms with van der Waals surface area (Å²) >= 11 is 0. The second-order valence-corrected chi connectivity index (χ2v) is 9.04. The van der Waals surface area contributed by atoms with Gasteiger partial charge in [0.1, 0.15) is 11.8 Å². The highest BCUT2D eigenvalue weighted by molar-refractivity contribution is 5.88. The lowest BCUT2D eigenvalue weighted by Crippen LogP contribution is -2.51. The highest BCUT2D eigenvalue weighted by atomic mass is 16.5. The first-order valence-electron chi connectivity index (χ1n) is 12.2. The van der Waals surface area contributed by atoms with Crippen molar-refractivity contribution >= 4 is 11.8 Å². The lowest BCUT2D eigenvalue weighted by molar-refractivity contribution is -0.142. The normalized spacial score (nSPS) is 11.5. The molecule has 0 aromatic heterocycles. The largest absolute Gasteiger partial charge is 0.484 e. The quantitative estimate of drug-likeness (QED) is 0.420. The van der Waals surface area contributed by atoms with Crippen LogP contribution in [0.4, 0.5) is 0 Å². The Kier molecular flexibility index (Phi) is 9.47. The number of carbonyl (C=O) groups excluding carboxylic acids is 2. The van der Waals surface area contributed by atoms with Crippen LogP contribution in [0.5, 0.6) is 5.75 Å². The maximum atomic E-state index is 13.6.